The van der Waals surface area contributed by atoms with Gasteiger partial charge in [-0.25, -0.2) is 8.42 Å². The lowest BCUT2D eigenvalue weighted by atomic mass is 10.2. The van der Waals surface area contributed by atoms with Crippen LogP contribution in [0.25, 0.3) is 0 Å². The van der Waals surface area contributed by atoms with Gasteiger partial charge in [0.15, 0.2) is 0 Å². The van der Waals surface area contributed by atoms with Crippen LogP contribution < -0.4 is 5.32 Å². The lowest BCUT2D eigenvalue weighted by molar-refractivity contribution is 0.349. The van der Waals surface area contributed by atoms with E-state index >= 15 is 0 Å². The minimum absolute atomic E-state index is 0.0793. The maximum atomic E-state index is 12.4. The van der Waals surface area contributed by atoms with Crippen LogP contribution in [0.15, 0.2) is 29.2 Å². The first-order valence-corrected chi connectivity index (χ1v) is 7.30. The van der Waals surface area contributed by atoms with Crippen molar-refractivity contribution in [2.75, 3.05) is 13.1 Å². The van der Waals surface area contributed by atoms with Gasteiger partial charge in [-0.1, -0.05) is 0 Å². The second-order valence-corrected chi connectivity index (χ2v) is 6.60. The third-order valence-corrected chi connectivity index (χ3v) is 5.53. The summed E-state index contributed by atoms with van der Waals surface area (Å²) in [5, 5.41) is 12.0. The monoisotopic (exact) mass is 263 g/mol. The van der Waals surface area contributed by atoms with Gasteiger partial charge in [-0.2, -0.15) is 9.57 Å². The first-order valence-electron chi connectivity index (χ1n) is 5.86. The summed E-state index contributed by atoms with van der Waals surface area (Å²) in [7, 11) is -3.41. The fourth-order valence-corrected chi connectivity index (χ4v) is 4.33. The number of sulfonamides is 1. The fourth-order valence-electron chi connectivity index (χ4n) is 2.65. The van der Waals surface area contributed by atoms with Crippen LogP contribution in [0.2, 0.25) is 0 Å². The van der Waals surface area contributed by atoms with E-state index in [1.54, 1.807) is 16.4 Å². The first-order chi connectivity index (χ1) is 8.61. The first kappa shape index (κ1) is 11.7. The lowest BCUT2D eigenvalue weighted by Crippen LogP contribution is -2.46. The highest BCUT2D eigenvalue weighted by atomic mass is 32.2. The number of nitrogens with one attached hydrogen (secondary N) is 1. The number of fused-ring (bicyclic) bond motifs is 2. The summed E-state index contributed by atoms with van der Waals surface area (Å²) in [5.74, 6) is 0. The molecule has 1 N–H and O–H groups in total. The molecular formula is C12H13N3O2S. The number of rotatable bonds is 2. The quantitative estimate of drug-likeness (QED) is 0.832. The van der Waals surface area contributed by atoms with E-state index in [1.807, 2.05) is 6.07 Å². The van der Waals surface area contributed by atoms with E-state index in [1.165, 1.54) is 12.1 Å². The third kappa shape index (κ3) is 1.72. The zero-order valence-electron chi connectivity index (χ0n) is 9.70. The minimum atomic E-state index is -3.41. The van der Waals surface area contributed by atoms with Crippen LogP contribution in [0.3, 0.4) is 0 Å². The Morgan fingerprint density at radius 2 is 2.06 bits per heavy atom. The van der Waals surface area contributed by atoms with E-state index in [4.69, 9.17) is 5.26 Å². The molecule has 2 saturated heterocycles. The van der Waals surface area contributed by atoms with Crippen molar-refractivity contribution in [1.82, 2.24) is 9.62 Å². The summed E-state index contributed by atoms with van der Waals surface area (Å²) in [6.07, 6.45) is 0.898. The van der Waals surface area contributed by atoms with Crippen LogP contribution in [-0.2, 0) is 10.0 Å². The second kappa shape index (κ2) is 4.05. The van der Waals surface area contributed by atoms with Gasteiger partial charge in [0.25, 0.3) is 0 Å². The molecule has 0 aromatic heterocycles. The highest BCUT2D eigenvalue weighted by Gasteiger charge is 2.44. The Balaban J connectivity index is 1.92. The van der Waals surface area contributed by atoms with Crippen molar-refractivity contribution < 1.29 is 8.42 Å². The lowest BCUT2D eigenvalue weighted by Gasteiger charge is -2.26. The van der Waals surface area contributed by atoms with Gasteiger partial charge in [-0.05, 0) is 30.7 Å². The van der Waals surface area contributed by atoms with Crippen molar-refractivity contribution in [1.29, 1.82) is 5.26 Å². The number of hydrogen-bond acceptors (Lipinski definition) is 4. The Hall–Kier alpha value is -1.42. The summed E-state index contributed by atoms with van der Waals surface area (Å²) in [4.78, 5) is 0.272. The molecule has 2 atom stereocenters. The van der Waals surface area contributed by atoms with Gasteiger partial charge in [0.1, 0.15) is 0 Å². The molecule has 0 saturated carbocycles. The fraction of sp³-hybridized carbons (Fsp3) is 0.417. The summed E-state index contributed by atoms with van der Waals surface area (Å²) in [6, 6.07) is 8.45. The molecule has 0 aliphatic carbocycles. The Bertz CT molecular complexity index is 603. The van der Waals surface area contributed by atoms with E-state index < -0.39 is 10.0 Å². The number of nitriles is 1. The summed E-state index contributed by atoms with van der Waals surface area (Å²) >= 11 is 0. The van der Waals surface area contributed by atoms with E-state index in [-0.39, 0.29) is 10.9 Å². The van der Waals surface area contributed by atoms with Gasteiger partial charge in [-0.3, -0.25) is 0 Å². The average Bonchev–Trinajstić information content (AvgIpc) is 3.01. The van der Waals surface area contributed by atoms with Gasteiger partial charge >= 0.3 is 0 Å². The van der Waals surface area contributed by atoms with Gasteiger partial charge < -0.3 is 5.32 Å². The van der Waals surface area contributed by atoms with E-state index in [0.29, 0.717) is 18.2 Å². The molecule has 2 unspecified atom stereocenters. The second-order valence-electron chi connectivity index (χ2n) is 4.71. The molecule has 2 bridgehead atoms. The molecule has 2 heterocycles. The van der Waals surface area contributed by atoms with Crippen molar-refractivity contribution in [3.63, 3.8) is 0 Å². The van der Waals surface area contributed by atoms with Crippen molar-refractivity contribution >= 4 is 10.0 Å². The zero-order chi connectivity index (χ0) is 12.8. The van der Waals surface area contributed by atoms with E-state index in [0.717, 1.165) is 13.0 Å². The van der Waals surface area contributed by atoms with Crippen molar-refractivity contribution in [2.45, 2.75) is 23.4 Å². The van der Waals surface area contributed by atoms with Gasteiger partial charge in [-0.15, -0.1) is 0 Å². The molecule has 0 amide bonds. The molecule has 3 rings (SSSR count). The van der Waals surface area contributed by atoms with Gasteiger partial charge in [0.2, 0.25) is 10.0 Å². The smallest absolute Gasteiger partial charge is 0.243 e. The van der Waals surface area contributed by atoms with Gasteiger partial charge in [0.05, 0.1) is 16.5 Å². The normalized spacial score (nSPS) is 27.3. The Kier molecular flexibility index (Phi) is 2.63. The van der Waals surface area contributed by atoms with Crippen LogP contribution in [0.1, 0.15) is 12.0 Å². The molecule has 0 radical (unpaired) electrons. The highest BCUT2D eigenvalue weighted by molar-refractivity contribution is 7.89. The van der Waals surface area contributed by atoms with Crippen LogP contribution in [-0.4, -0.2) is 37.9 Å². The summed E-state index contributed by atoms with van der Waals surface area (Å²) in [5.41, 5.74) is 0.471. The topological polar surface area (TPSA) is 73.2 Å². The zero-order valence-corrected chi connectivity index (χ0v) is 10.5. The maximum absolute atomic E-state index is 12.4. The molecular weight excluding hydrogens is 250 g/mol. The molecule has 5 nitrogen and oxygen atoms in total. The predicted octanol–water partition coefficient (Wildman–Crippen LogP) is 0.293. The standard InChI is InChI=1S/C12H13N3O2S/c13-6-9-1-3-12(4-2-9)18(16,17)15-8-10-5-11(15)7-14-10/h1-4,10-11,14H,5,7-8H2. The van der Waals surface area contributed by atoms with Gasteiger partial charge in [0, 0.05) is 25.2 Å². The Morgan fingerprint density at radius 3 is 2.56 bits per heavy atom. The number of nitrogens with zero attached hydrogens (tertiary/aromatic N) is 2. The largest absolute Gasteiger partial charge is 0.311 e. The van der Waals surface area contributed by atoms with Crippen molar-refractivity contribution in [3.05, 3.63) is 29.8 Å². The summed E-state index contributed by atoms with van der Waals surface area (Å²) in [6.45, 7) is 1.28. The van der Waals surface area contributed by atoms with E-state index in [2.05, 4.69) is 5.32 Å². The highest BCUT2D eigenvalue weighted by Crippen LogP contribution is 2.29. The van der Waals surface area contributed by atoms with Crippen LogP contribution in [0.5, 0.6) is 0 Å². The Labute approximate surface area is 106 Å². The molecule has 2 fully saturated rings. The third-order valence-electron chi connectivity index (χ3n) is 3.60. The molecule has 6 heteroatoms. The predicted molar refractivity (Wildman–Crippen MR) is 65.2 cm³/mol. The molecule has 18 heavy (non-hydrogen) atoms. The Morgan fingerprint density at radius 1 is 1.33 bits per heavy atom. The molecule has 1 aromatic carbocycles. The minimum Gasteiger partial charge on any atom is -0.311 e. The molecule has 0 spiro atoms. The van der Waals surface area contributed by atoms with Crippen LogP contribution in [0, 0.1) is 11.3 Å². The maximum Gasteiger partial charge on any atom is 0.243 e. The summed E-state index contributed by atoms with van der Waals surface area (Å²) < 4.78 is 26.5. The van der Waals surface area contributed by atoms with Crippen LogP contribution in [0.4, 0.5) is 0 Å². The number of hydrogen-bond donors (Lipinski definition) is 1. The van der Waals surface area contributed by atoms with Crippen molar-refractivity contribution in [3.8, 4) is 6.07 Å². The molecule has 2 aliphatic rings. The number of benzene rings is 1. The molecule has 2 aliphatic heterocycles. The van der Waals surface area contributed by atoms with Crippen molar-refractivity contribution in [2.24, 2.45) is 0 Å². The SMILES string of the molecule is N#Cc1ccc(S(=O)(=O)N2CC3CC2CN3)cc1. The molecule has 94 valence electrons. The van der Waals surface area contributed by atoms with E-state index in [9.17, 15) is 8.42 Å². The average molecular weight is 263 g/mol. The molecule has 1 aromatic rings. The van der Waals surface area contributed by atoms with Crippen LogP contribution >= 0.6 is 0 Å². The number of piperazine rings is 1.